The monoisotopic (exact) mass is 173 g/mol. The molecule has 0 amide bonds. The molecule has 0 fully saturated rings. The van der Waals surface area contributed by atoms with Gasteiger partial charge in [-0.3, -0.25) is 4.79 Å². The molecule has 0 heterocycles. The second-order valence-electron chi connectivity index (χ2n) is 3.05. The third-order valence-electron chi connectivity index (χ3n) is 2.19. The Bertz CT molecular complexity index is 132. The molecule has 1 N–H and O–H groups in total. The Kier molecular flexibility index (Phi) is 5.72. The zero-order valence-electron chi connectivity index (χ0n) is 8.21. The normalized spacial score (nSPS) is 13.3. The molecular formula is C9H19NO2. The van der Waals surface area contributed by atoms with Crippen molar-refractivity contribution < 1.29 is 9.90 Å². The predicted octanol–water partition coefficient (Wildman–Crippen LogP) is 1.44. The first-order valence-corrected chi connectivity index (χ1v) is 4.56. The molecular weight excluding hydrogens is 154 g/mol. The number of carboxylic acids is 1. The molecule has 72 valence electrons. The van der Waals surface area contributed by atoms with Crippen LogP contribution in [-0.4, -0.2) is 35.6 Å². The highest BCUT2D eigenvalue weighted by Gasteiger charge is 2.11. The molecule has 0 spiro atoms. The number of carbonyl (C=O) groups is 1. The maximum atomic E-state index is 10.5. The Hall–Kier alpha value is -0.570. The molecule has 12 heavy (non-hydrogen) atoms. The molecule has 0 rings (SSSR count). The lowest BCUT2D eigenvalue weighted by Gasteiger charge is -2.18. The van der Waals surface area contributed by atoms with Crippen LogP contribution in [0.15, 0.2) is 0 Å². The molecule has 3 heteroatoms. The molecule has 0 aliphatic carbocycles. The van der Waals surface area contributed by atoms with Crippen LogP contribution in [-0.2, 0) is 4.79 Å². The highest BCUT2D eigenvalue weighted by Crippen LogP contribution is 2.03. The van der Waals surface area contributed by atoms with E-state index in [1.54, 1.807) is 6.92 Å². The summed E-state index contributed by atoms with van der Waals surface area (Å²) in [5.41, 5.74) is 0. The van der Waals surface area contributed by atoms with E-state index in [4.69, 9.17) is 5.11 Å². The Morgan fingerprint density at radius 1 is 1.42 bits per heavy atom. The molecule has 0 radical (unpaired) electrons. The lowest BCUT2D eigenvalue weighted by Crippen LogP contribution is -2.26. The lowest BCUT2D eigenvalue weighted by molar-refractivity contribution is -0.141. The highest BCUT2D eigenvalue weighted by molar-refractivity contribution is 5.69. The van der Waals surface area contributed by atoms with Gasteiger partial charge >= 0.3 is 5.97 Å². The largest absolute Gasteiger partial charge is 0.481 e. The number of nitrogens with zero attached hydrogens (tertiary/aromatic N) is 1. The standard InChI is InChI=1S/C9H19NO2/c1-4-10(5-2)7-6-8(3)9(11)12/h8H,4-7H2,1-3H3,(H,11,12). The summed E-state index contributed by atoms with van der Waals surface area (Å²) in [4.78, 5) is 12.7. The van der Waals surface area contributed by atoms with Crippen molar-refractivity contribution in [1.82, 2.24) is 4.90 Å². The van der Waals surface area contributed by atoms with E-state index in [0.717, 1.165) is 26.1 Å². The van der Waals surface area contributed by atoms with Crippen molar-refractivity contribution in [1.29, 1.82) is 0 Å². The zero-order valence-corrected chi connectivity index (χ0v) is 8.21. The van der Waals surface area contributed by atoms with Crippen molar-refractivity contribution in [2.45, 2.75) is 27.2 Å². The molecule has 1 unspecified atom stereocenters. The summed E-state index contributed by atoms with van der Waals surface area (Å²) in [6, 6.07) is 0. The highest BCUT2D eigenvalue weighted by atomic mass is 16.4. The topological polar surface area (TPSA) is 40.5 Å². The van der Waals surface area contributed by atoms with E-state index in [2.05, 4.69) is 18.7 Å². The summed E-state index contributed by atoms with van der Waals surface area (Å²) in [6.45, 7) is 8.84. The van der Waals surface area contributed by atoms with Gasteiger partial charge in [0.2, 0.25) is 0 Å². The first-order valence-electron chi connectivity index (χ1n) is 4.56. The van der Waals surface area contributed by atoms with Crippen LogP contribution < -0.4 is 0 Å². The number of rotatable bonds is 6. The van der Waals surface area contributed by atoms with Crippen molar-refractivity contribution in [2.75, 3.05) is 19.6 Å². The van der Waals surface area contributed by atoms with E-state index in [0.29, 0.717) is 0 Å². The predicted molar refractivity (Wildman–Crippen MR) is 49.2 cm³/mol. The van der Waals surface area contributed by atoms with Gasteiger partial charge in [0.05, 0.1) is 5.92 Å². The minimum Gasteiger partial charge on any atom is -0.481 e. The average molecular weight is 173 g/mol. The van der Waals surface area contributed by atoms with Crippen LogP contribution in [0.5, 0.6) is 0 Å². The van der Waals surface area contributed by atoms with Crippen LogP contribution in [0.25, 0.3) is 0 Å². The molecule has 0 saturated carbocycles. The van der Waals surface area contributed by atoms with E-state index >= 15 is 0 Å². The minimum atomic E-state index is -0.692. The fourth-order valence-electron chi connectivity index (χ4n) is 1.04. The number of hydrogen-bond acceptors (Lipinski definition) is 2. The van der Waals surface area contributed by atoms with E-state index in [9.17, 15) is 4.79 Å². The van der Waals surface area contributed by atoms with Gasteiger partial charge in [-0.2, -0.15) is 0 Å². The van der Waals surface area contributed by atoms with Gasteiger partial charge in [-0.25, -0.2) is 0 Å². The van der Waals surface area contributed by atoms with Crippen molar-refractivity contribution in [3.05, 3.63) is 0 Å². The molecule has 0 aromatic carbocycles. The second kappa shape index (κ2) is 6.00. The maximum absolute atomic E-state index is 10.5. The fraction of sp³-hybridized carbons (Fsp3) is 0.889. The van der Waals surface area contributed by atoms with Crippen molar-refractivity contribution in [3.8, 4) is 0 Å². The Labute approximate surface area is 74.4 Å². The molecule has 1 atom stereocenters. The molecule has 0 aliphatic rings. The molecule has 0 saturated heterocycles. The average Bonchev–Trinajstić information content (AvgIpc) is 2.05. The zero-order chi connectivity index (χ0) is 9.56. The summed E-state index contributed by atoms with van der Waals surface area (Å²) in [5.74, 6) is -0.909. The van der Waals surface area contributed by atoms with E-state index in [1.807, 2.05) is 0 Å². The number of carboxylic acid groups (broad SMARTS) is 1. The van der Waals surface area contributed by atoms with Gasteiger partial charge in [-0.1, -0.05) is 20.8 Å². The van der Waals surface area contributed by atoms with Gasteiger partial charge in [0.25, 0.3) is 0 Å². The van der Waals surface area contributed by atoms with Gasteiger partial charge in [0.15, 0.2) is 0 Å². The molecule has 3 nitrogen and oxygen atoms in total. The van der Waals surface area contributed by atoms with Gasteiger partial charge < -0.3 is 10.0 Å². The number of hydrogen-bond donors (Lipinski definition) is 1. The van der Waals surface area contributed by atoms with E-state index in [1.165, 1.54) is 0 Å². The Balaban J connectivity index is 3.58. The molecule has 0 bridgehead atoms. The smallest absolute Gasteiger partial charge is 0.306 e. The van der Waals surface area contributed by atoms with Crippen molar-refractivity contribution >= 4 is 5.97 Å². The minimum absolute atomic E-state index is 0.217. The first kappa shape index (κ1) is 11.4. The SMILES string of the molecule is CCN(CC)CCC(C)C(=O)O. The third-order valence-corrected chi connectivity index (χ3v) is 2.19. The summed E-state index contributed by atoms with van der Waals surface area (Å²) >= 11 is 0. The van der Waals surface area contributed by atoms with E-state index in [-0.39, 0.29) is 5.92 Å². The molecule has 0 aliphatic heterocycles. The van der Waals surface area contributed by atoms with Crippen LogP contribution in [0.1, 0.15) is 27.2 Å². The maximum Gasteiger partial charge on any atom is 0.306 e. The summed E-state index contributed by atoms with van der Waals surface area (Å²) in [6.07, 6.45) is 0.747. The van der Waals surface area contributed by atoms with Gasteiger partial charge in [-0.15, -0.1) is 0 Å². The van der Waals surface area contributed by atoms with Gasteiger partial charge in [0.1, 0.15) is 0 Å². The second-order valence-corrected chi connectivity index (χ2v) is 3.05. The lowest BCUT2D eigenvalue weighted by atomic mass is 10.1. The number of aliphatic carboxylic acids is 1. The summed E-state index contributed by atoms with van der Waals surface area (Å²) in [5, 5.41) is 8.62. The van der Waals surface area contributed by atoms with Gasteiger partial charge in [0, 0.05) is 0 Å². The van der Waals surface area contributed by atoms with Gasteiger partial charge in [-0.05, 0) is 26.1 Å². The quantitative estimate of drug-likeness (QED) is 0.660. The first-order chi connectivity index (χ1) is 5.61. The van der Waals surface area contributed by atoms with E-state index < -0.39 is 5.97 Å². The van der Waals surface area contributed by atoms with Crippen LogP contribution in [0.3, 0.4) is 0 Å². The summed E-state index contributed by atoms with van der Waals surface area (Å²) in [7, 11) is 0. The molecule has 0 aromatic rings. The van der Waals surface area contributed by atoms with Crippen molar-refractivity contribution in [2.24, 2.45) is 5.92 Å². The van der Waals surface area contributed by atoms with Crippen LogP contribution >= 0.6 is 0 Å². The van der Waals surface area contributed by atoms with Crippen LogP contribution in [0, 0.1) is 5.92 Å². The van der Waals surface area contributed by atoms with Crippen LogP contribution in [0.2, 0.25) is 0 Å². The third kappa shape index (κ3) is 4.34. The summed E-state index contributed by atoms with van der Waals surface area (Å²) < 4.78 is 0. The fourth-order valence-corrected chi connectivity index (χ4v) is 1.04. The Morgan fingerprint density at radius 3 is 2.25 bits per heavy atom. The van der Waals surface area contributed by atoms with Crippen molar-refractivity contribution in [3.63, 3.8) is 0 Å². The molecule has 0 aromatic heterocycles. The Morgan fingerprint density at radius 2 is 1.92 bits per heavy atom. The van der Waals surface area contributed by atoms with Crippen LogP contribution in [0.4, 0.5) is 0 Å².